The van der Waals surface area contributed by atoms with Crippen LogP contribution in [-0.2, 0) is 4.79 Å². The summed E-state index contributed by atoms with van der Waals surface area (Å²) >= 11 is 0. The maximum atomic E-state index is 12.8. The Bertz CT molecular complexity index is 830. The molecule has 0 bridgehead atoms. The molecule has 0 aliphatic carbocycles. The molecule has 6 heteroatoms. The van der Waals surface area contributed by atoms with Gasteiger partial charge in [0.2, 0.25) is 5.91 Å². The van der Waals surface area contributed by atoms with Gasteiger partial charge in [0.15, 0.2) is 0 Å². The zero-order valence-corrected chi connectivity index (χ0v) is 18.4. The molecule has 162 valence electrons. The Balaban J connectivity index is 1.99. The largest absolute Gasteiger partial charge is 0.489 e. The Morgan fingerprint density at radius 3 is 2.37 bits per heavy atom. The number of hydrogen-bond acceptors (Lipinski definition) is 4. The van der Waals surface area contributed by atoms with E-state index in [2.05, 4.69) is 24.5 Å². The quantitative estimate of drug-likeness (QED) is 0.558. The minimum atomic E-state index is -0.196. The highest BCUT2D eigenvalue weighted by Gasteiger charge is 2.15. The van der Waals surface area contributed by atoms with Crippen molar-refractivity contribution in [3.05, 3.63) is 54.1 Å². The standard InChI is InChI=1S/C24H33N3O3/c1-5-14-27(15-6-2)24(29)19-10-9-11-20(16-19)26-23(28)17-25-21-12-7-8-13-22(21)30-18(3)4/h7-13,16,18,25H,5-6,14-15,17H2,1-4H3,(H,26,28). The minimum absolute atomic E-state index is 0.00677. The van der Waals surface area contributed by atoms with E-state index in [1.807, 2.05) is 43.0 Å². The lowest BCUT2D eigenvalue weighted by molar-refractivity contribution is -0.114. The van der Waals surface area contributed by atoms with E-state index in [4.69, 9.17) is 4.74 Å². The average molecular weight is 412 g/mol. The number of anilines is 2. The Morgan fingerprint density at radius 2 is 1.70 bits per heavy atom. The third kappa shape index (κ3) is 7.10. The molecule has 6 nitrogen and oxygen atoms in total. The Kier molecular flexibility index (Phi) is 9.19. The summed E-state index contributed by atoms with van der Waals surface area (Å²) in [6, 6.07) is 14.6. The number of carbonyl (C=O) groups excluding carboxylic acids is 2. The van der Waals surface area contributed by atoms with Crippen molar-refractivity contribution in [2.24, 2.45) is 0 Å². The lowest BCUT2D eigenvalue weighted by Gasteiger charge is -2.21. The normalized spacial score (nSPS) is 10.6. The number of hydrogen-bond donors (Lipinski definition) is 2. The van der Waals surface area contributed by atoms with E-state index < -0.39 is 0 Å². The van der Waals surface area contributed by atoms with Gasteiger partial charge in [-0.3, -0.25) is 9.59 Å². The predicted octanol–water partition coefficient (Wildman–Crippen LogP) is 4.79. The van der Waals surface area contributed by atoms with Crippen LogP contribution in [0.2, 0.25) is 0 Å². The molecule has 0 saturated heterocycles. The maximum absolute atomic E-state index is 12.8. The number of rotatable bonds is 11. The van der Waals surface area contributed by atoms with Gasteiger partial charge < -0.3 is 20.3 Å². The van der Waals surface area contributed by atoms with Crippen molar-refractivity contribution in [3.63, 3.8) is 0 Å². The van der Waals surface area contributed by atoms with Crippen molar-refractivity contribution in [2.75, 3.05) is 30.3 Å². The molecule has 0 aromatic heterocycles. The van der Waals surface area contributed by atoms with Crippen molar-refractivity contribution in [1.29, 1.82) is 0 Å². The first-order chi connectivity index (χ1) is 14.4. The SMILES string of the molecule is CCCN(CCC)C(=O)c1cccc(NC(=O)CNc2ccccc2OC(C)C)c1. The summed E-state index contributed by atoms with van der Waals surface area (Å²) in [5, 5.41) is 5.97. The molecule has 2 aromatic carbocycles. The van der Waals surface area contributed by atoms with E-state index in [0.29, 0.717) is 17.0 Å². The molecule has 0 spiro atoms. The number of para-hydroxylation sites is 2. The topological polar surface area (TPSA) is 70.7 Å². The molecule has 2 amide bonds. The second kappa shape index (κ2) is 11.9. The van der Waals surface area contributed by atoms with E-state index in [0.717, 1.165) is 31.6 Å². The smallest absolute Gasteiger partial charge is 0.253 e. The van der Waals surface area contributed by atoms with Crippen molar-refractivity contribution in [1.82, 2.24) is 4.90 Å². The molecule has 0 atom stereocenters. The Hall–Kier alpha value is -3.02. The molecule has 30 heavy (non-hydrogen) atoms. The van der Waals surface area contributed by atoms with Crippen LogP contribution in [0.1, 0.15) is 50.9 Å². The summed E-state index contributed by atoms with van der Waals surface area (Å²) < 4.78 is 5.76. The molecule has 0 fully saturated rings. The van der Waals surface area contributed by atoms with Gasteiger partial charge in [-0.05, 0) is 57.0 Å². The average Bonchev–Trinajstić information content (AvgIpc) is 2.72. The number of ether oxygens (including phenoxy) is 1. The molecular formula is C24H33N3O3. The van der Waals surface area contributed by atoms with Gasteiger partial charge in [0.25, 0.3) is 5.91 Å². The maximum Gasteiger partial charge on any atom is 0.253 e. The monoisotopic (exact) mass is 411 g/mol. The fourth-order valence-corrected chi connectivity index (χ4v) is 3.12. The second-order valence-electron chi connectivity index (χ2n) is 7.44. The summed E-state index contributed by atoms with van der Waals surface area (Å²) in [5.74, 6) is 0.505. The molecule has 0 unspecified atom stereocenters. The van der Waals surface area contributed by atoms with Crippen LogP contribution in [0.4, 0.5) is 11.4 Å². The van der Waals surface area contributed by atoms with Crippen LogP contribution in [0, 0.1) is 0 Å². The van der Waals surface area contributed by atoms with E-state index in [1.165, 1.54) is 0 Å². The Labute approximate surface area is 179 Å². The highest BCUT2D eigenvalue weighted by atomic mass is 16.5. The van der Waals surface area contributed by atoms with Gasteiger partial charge in [0.05, 0.1) is 18.3 Å². The first-order valence-electron chi connectivity index (χ1n) is 10.6. The second-order valence-corrected chi connectivity index (χ2v) is 7.44. The van der Waals surface area contributed by atoms with Crippen LogP contribution in [0.15, 0.2) is 48.5 Å². The first kappa shape index (κ1) is 23.3. The third-order valence-electron chi connectivity index (χ3n) is 4.36. The van der Waals surface area contributed by atoms with Crippen LogP contribution in [0.25, 0.3) is 0 Å². The summed E-state index contributed by atoms with van der Waals surface area (Å²) in [4.78, 5) is 27.1. The summed E-state index contributed by atoms with van der Waals surface area (Å²) in [7, 11) is 0. The van der Waals surface area contributed by atoms with E-state index >= 15 is 0 Å². The Morgan fingerprint density at radius 1 is 1.00 bits per heavy atom. The van der Waals surface area contributed by atoms with Crippen molar-refractivity contribution in [2.45, 2.75) is 46.6 Å². The molecule has 2 N–H and O–H groups in total. The van der Waals surface area contributed by atoms with Crippen LogP contribution in [-0.4, -0.2) is 42.5 Å². The van der Waals surface area contributed by atoms with Gasteiger partial charge in [0, 0.05) is 24.3 Å². The van der Waals surface area contributed by atoms with Gasteiger partial charge >= 0.3 is 0 Å². The van der Waals surface area contributed by atoms with Crippen LogP contribution < -0.4 is 15.4 Å². The highest BCUT2D eigenvalue weighted by Crippen LogP contribution is 2.24. The number of benzene rings is 2. The lowest BCUT2D eigenvalue weighted by atomic mass is 10.1. The number of nitrogens with zero attached hydrogens (tertiary/aromatic N) is 1. The molecule has 0 heterocycles. The lowest BCUT2D eigenvalue weighted by Crippen LogP contribution is -2.32. The fourth-order valence-electron chi connectivity index (χ4n) is 3.12. The van der Waals surface area contributed by atoms with Gasteiger partial charge in [-0.25, -0.2) is 0 Å². The van der Waals surface area contributed by atoms with E-state index in [-0.39, 0.29) is 24.5 Å². The zero-order chi connectivity index (χ0) is 21.9. The number of nitrogens with one attached hydrogen (secondary N) is 2. The third-order valence-corrected chi connectivity index (χ3v) is 4.36. The van der Waals surface area contributed by atoms with Gasteiger partial charge in [0.1, 0.15) is 5.75 Å². The van der Waals surface area contributed by atoms with Gasteiger partial charge in [-0.1, -0.05) is 32.0 Å². The van der Waals surface area contributed by atoms with Crippen molar-refractivity contribution >= 4 is 23.2 Å². The summed E-state index contributed by atoms with van der Waals surface area (Å²) in [6.45, 7) is 9.58. The molecule has 0 radical (unpaired) electrons. The molecular weight excluding hydrogens is 378 g/mol. The zero-order valence-electron chi connectivity index (χ0n) is 18.4. The molecule has 0 saturated carbocycles. The predicted molar refractivity (Wildman–Crippen MR) is 122 cm³/mol. The fraction of sp³-hybridized carbons (Fsp3) is 0.417. The molecule has 0 aliphatic rings. The van der Waals surface area contributed by atoms with E-state index in [9.17, 15) is 9.59 Å². The van der Waals surface area contributed by atoms with Crippen LogP contribution in [0.5, 0.6) is 5.75 Å². The van der Waals surface area contributed by atoms with Crippen LogP contribution >= 0.6 is 0 Å². The molecule has 0 aliphatic heterocycles. The summed E-state index contributed by atoms with van der Waals surface area (Å²) in [5.41, 5.74) is 1.95. The minimum Gasteiger partial charge on any atom is -0.489 e. The molecule has 2 rings (SSSR count). The number of amides is 2. The number of carbonyl (C=O) groups is 2. The van der Waals surface area contributed by atoms with Crippen LogP contribution in [0.3, 0.4) is 0 Å². The van der Waals surface area contributed by atoms with Gasteiger partial charge in [-0.15, -0.1) is 0 Å². The molecule has 2 aromatic rings. The first-order valence-corrected chi connectivity index (χ1v) is 10.6. The van der Waals surface area contributed by atoms with Crippen molar-refractivity contribution < 1.29 is 14.3 Å². The van der Waals surface area contributed by atoms with Crippen molar-refractivity contribution in [3.8, 4) is 5.75 Å². The van der Waals surface area contributed by atoms with E-state index in [1.54, 1.807) is 24.3 Å². The van der Waals surface area contributed by atoms with Gasteiger partial charge in [-0.2, -0.15) is 0 Å². The highest BCUT2D eigenvalue weighted by molar-refractivity contribution is 5.98. The summed E-state index contributed by atoms with van der Waals surface area (Å²) in [6.07, 6.45) is 1.87.